The van der Waals surface area contributed by atoms with Crippen LogP contribution >= 0.6 is 0 Å². The number of hydrogen-bond acceptors (Lipinski definition) is 4. The van der Waals surface area contributed by atoms with Crippen molar-refractivity contribution >= 4 is 27.5 Å². The Labute approximate surface area is 293 Å². The summed E-state index contributed by atoms with van der Waals surface area (Å²) in [5.74, 6) is 2.20. The average molecular weight is 646 g/mol. The summed E-state index contributed by atoms with van der Waals surface area (Å²) in [6.07, 6.45) is 10.9. The van der Waals surface area contributed by atoms with E-state index in [0.717, 1.165) is 50.0 Å². The molecule has 0 saturated heterocycles. The normalized spacial score (nSPS) is 16.9. The van der Waals surface area contributed by atoms with Crippen molar-refractivity contribution in [3.8, 4) is 28.4 Å². The third-order valence-corrected chi connectivity index (χ3v) is 9.64. The lowest BCUT2D eigenvalue weighted by Crippen LogP contribution is -2.33. The fraction of sp³-hybridized carbons (Fsp3) is 0.205. The van der Waals surface area contributed by atoms with Crippen molar-refractivity contribution in [2.24, 2.45) is 0 Å². The maximum Gasteiger partial charge on any atom is 0.137 e. The number of rotatable bonds is 5. The summed E-state index contributed by atoms with van der Waals surface area (Å²) in [6, 6.07) is 29.6. The van der Waals surface area contributed by atoms with Gasteiger partial charge in [-0.2, -0.15) is 0 Å². The molecule has 2 aliphatic rings. The second-order valence-corrected chi connectivity index (χ2v) is 14.3. The minimum Gasteiger partial charge on any atom is -0.457 e. The van der Waals surface area contributed by atoms with Gasteiger partial charge in [0.1, 0.15) is 23.5 Å². The fourth-order valence-electron chi connectivity index (χ4n) is 7.42. The lowest BCUT2D eigenvalue weighted by Gasteiger charge is -2.29. The Morgan fingerprint density at radius 1 is 0.776 bits per heavy atom. The van der Waals surface area contributed by atoms with Crippen LogP contribution in [-0.4, -0.2) is 32.5 Å². The lowest BCUT2D eigenvalue weighted by atomic mass is 9.88. The van der Waals surface area contributed by atoms with Crippen molar-refractivity contribution in [1.29, 1.82) is 0 Å². The first-order chi connectivity index (χ1) is 24.8. The van der Waals surface area contributed by atoms with E-state index < -0.39 is 13.1 Å². The summed E-state index contributed by atoms with van der Waals surface area (Å²) in [5, 5.41) is 2.26. The minimum absolute atomic E-state index is 0.0306. The molecule has 0 spiro atoms. The van der Waals surface area contributed by atoms with Gasteiger partial charge in [0.25, 0.3) is 0 Å². The molecule has 5 nitrogen and oxygen atoms in total. The predicted octanol–water partition coefficient (Wildman–Crippen LogP) is 10.8. The molecule has 0 amide bonds. The summed E-state index contributed by atoms with van der Waals surface area (Å²) >= 11 is 0. The van der Waals surface area contributed by atoms with Gasteiger partial charge in [-0.3, -0.25) is 4.57 Å². The summed E-state index contributed by atoms with van der Waals surface area (Å²) in [5.41, 5.74) is 10.6. The van der Waals surface area contributed by atoms with Gasteiger partial charge in [-0.05, 0) is 115 Å². The quantitative estimate of drug-likeness (QED) is 0.187. The number of pyridine rings is 1. The largest absolute Gasteiger partial charge is 0.457 e. The molecule has 49 heavy (non-hydrogen) atoms. The Morgan fingerprint density at radius 3 is 2.35 bits per heavy atom. The Balaban J connectivity index is 1.29. The van der Waals surface area contributed by atoms with Crippen LogP contribution in [0, 0.1) is 20.8 Å². The third kappa shape index (κ3) is 5.40. The molecule has 4 aromatic carbocycles. The number of nitrogens with zero attached hydrogens (tertiary/aromatic N) is 4. The number of aromatic nitrogens is 2. The molecule has 0 bridgehead atoms. The van der Waals surface area contributed by atoms with Crippen molar-refractivity contribution < 1.29 is 8.85 Å². The van der Waals surface area contributed by atoms with Gasteiger partial charge in [0.15, 0.2) is 0 Å². The summed E-state index contributed by atoms with van der Waals surface area (Å²) in [4.78, 5) is 8.29. The Hall–Kier alpha value is -5.55. The molecular formula is C44H42N4O. The van der Waals surface area contributed by atoms with E-state index in [0.29, 0.717) is 11.5 Å². The van der Waals surface area contributed by atoms with Crippen LogP contribution in [-0.2, 0) is 5.41 Å². The van der Waals surface area contributed by atoms with Crippen LogP contribution in [0.15, 0.2) is 122 Å². The second kappa shape index (κ2) is 11.6. The van der Waals surface area contributed by atoms with E-state index in [1.54, 1.807) is 6.20 Å². The topological polar surface area (TPSA) is 33.5 Å². The molecule has 2 aromatic heterocycles. The Morgan fingerprint density at radius 2 is 1.55 bits per heavy atom. The van der Waals surface area contributed by atoms with E-state index in [1.807, 2.05) is 47.7 Å². The van der Waals surface area contributed by atoms with Crippen LogP contribution in [0.5, 0.6) is 11.5 Å². The van der Waals surface area contributed by atoms with Crippen molar-refractivity contribution in [2.45, 2.75) is 53.1 Å². The van der Waals surface area contributed by atoms with E-state index in [1.165, 1.54) is 27.2 Å². The van der Waals surface area contributed by atoms with Gasteiger partial charge >= 0.3 is 0 Å². The van der Waals surface area contributed by atoms with Crippen molar-refractivity contribution in [3.63, 3.8) is 0 Å². The summed E-state index contributed by atoms with van der Waals surface area (Å²) in [6.45, 7) is 10.7. The zero-order chi connectivity index (χ0) is 36.5. The Kier molecular flexibility index (Phi) is 6.46. The second-order valence-electron chi connectivity index (χ2n) is 14.3. The molecule has 1 atom stereocenters. The molecule has 1 unspecified atom stereocenters. The molecule has 0 saturated carbocycles. The predicted molar refractivity (Wildman–Crippen MR) is 203 cm³/mol. The van der Waals surface area contributed by atoms with E-state index >= 15 is 0 Å². The molecule has 8 rings (SSSR count). The first-order valence-electron chi connectivity index (χ1n) is 18.3. The third-order valence-electron chi connectivity index (χ3n) is 9.64. The number of fused-ring (bicyclic) bond motifs is 4. The van der Waals surface area contributed by atoms with Crippen LogP contribution in [0.4, 0.5) is 0 Å². The molecule has 4 heterocycles. The van der Waals surface area contributed by atoms with Crippen molar-refractivity contribution in [3.05, 3.63) is 150 Å². The zero-order valence-electron chi connectivity index (χ0n) is 31.8. The van der Waals surface area contributed by atoms with Gasteiger partial charge in [0.2, 0.25) is 0 Å². The summed E-state index contributed by atoms with van der Waals surface area (Å²) < 4.78 is 33.9. The number of likely N-dealkylation sites (N-methyl/N-ethyl adjacent to an activating group) is 1. The van der Waals surface area contributed by atoms with Gasteiger partial charge < -0.3 is 14.5 Å². The van der Waals surface area contributed by atoms with Gasteiger partial charge in [0.05, 0.1) is 16.7 Å². The highest BCUT2D eigenvalue weighted by atomic mass is 16.5. The molecule has 0 fully saturated rings. The van der Waals surface area contributed by atoms with Gasteiger partial charge in [-0.15, -0.1) is 0 Å². The number of benzene rings is 4. The minimum atomic E-state index is -2.31. The number of ether oxygens (including phenoxy) is 1. The lowest BCUT2D eigenvalue weighted by molar-refractivity contribution is 0.282. The standard InChI is InChI=1S/C44H42N4O/c1-28-20-29(2)43(30(3)21-28)32-22-31(40-27-46(7)42-14-10-11-19-47(40)42)23-35(24-32)49-34-15-16-37-36-12-8-9-13-38(36)48(39(37)26-34)41-25-33(17-18-45-41)44(4,5)6/h8-27,42H,1-7H3/i7D3. The molecular weight excluding hydrogens is 601 g/mol. The highest BCUT2D eigenvalue weighted by molar-refractivity contribution is 6.09. The monoisotopic (exact) mass is 645 g/mol. The maximum absolute atomic E-state index is 8.27. The zero-order valence-corrected chi connectivity index (χ0v) is 28.8. The number of hydrogen-bond donors (Lipinski definition) is 0. The van der Waals surface area contributed by atoms with Crippen LogP contribution in [0.25, 0.3) is 44.4 Å². The molecule has 2 aliphatic heterocycles. The number of aryl methyl sites for hydroxylation is 3. The van der Waals surface area contributed by atoms with Crippen LogP contribution in [0.2, 0.25) is 0 Å². The van der Waals surface area contributed by atoms with Gasteiger partial charge in [-0.25, -0.2) is 4.98 Å². The molecule has 5 heteroatoms. The van der Waals surface area contributed by atoms with E-state index in [2.05, 4.69) is 119 Å². The van der Waals surface area contributed by atoms with Gasteiger partial charge in [-0.1, -0.05) is 62.7 Å². The first-order valence-corrected chi connectivity index (χ1v) is 16.8. The van der Waals surface area contributed by atoms with Gasteiger partial charge in [0, 0.05) is 52.1 Å². The number of allylic oxidation sites excluding steroid dienone is 2. The van der Waals surface area contributed by atoms with Crippen LogP contribution in [0.1, 0.15) is 52.7 Å². The molecule has 0 aliphatic carbocycles. The molecule has 0 N–H and O–H groups in total. The first kappa shape index (κ1) is 27.4. The Bertz CT molecular complexity index is 2460. The average Bonchev–Trinajstić information content (AvgIpc) is 3.64. The fourth-order valence-corrected chi connectivity index (χ4v) is 7.42. The van der Waals surface area contributed by atoms with Crippen LogP contribution < -0.4 is 4.74 Å². The molecule has 0 radical (unpaired) electrons. The van der Waals surface area contributed by atoms with E-state index in [-0.39, 0.29) is 5.41 Å². The number of para-hydroxylation sites is 1. The van der Waals surface area contributed by atoms with Crippen LogP contribution in [0.3, 0.4) is 0 Å². The smallest absolute Gasteiger partial charge is 0.137 e. The van der Waals surface area contributed by atoms with E-state index in [9.17, 15) is 0 Å². The maximum atomic E-state index is 8.27. The highest BCUT2D eigenvalue weighted by Crippen LogP contribution is 2.41. The van der Waals surface area contributed by atoms with E-state index in [4.69, 9.17) is 13.8 Å². The van der Waals surface area contributed by atoms with Crippen molar-refractivity contribution in [1.82, 2.24) is 19.4 Å². The SMILES string of the molecule is [2H]C([2H])([2H])N1C=C(c2cc(Oc3ccc4c5ccccc5n(-c5cc(C(C)(C)C)ccn5)c4c3)cc(-c3c(C)cc(C)cc3C)c2)N2C=CC=CC21. The highest BCUT2D eigenvalue weighted by Gasteiger charge is 2.29. The molecule has 244 valence electrons. The summed E-state index contributed by atoms with van der Waals surface area (Å²) in [7, 11) is 0. The van der Waals surface area contributed by atoms with Crippen molar-refractivity contribution in [2.75, 3.05) is 6.98 Å². The molecule has 6 aromatic rings.